The third-order valence-corrected chi connectivity index (χ3v) is 8.31. The lowest BCUT2D eigenvalue weighted by atomic mass is 9.88. The number of ether oxygens (including phenoxy) is 1. The van der Waals surface area contributed by atoms with Gasteiger partial charge in [0.25, 0.3) is 0 Å². The van der Waals surface area contributed by atoms with Crippen molar-refractivity contribution in [3.05, 3.63) is 40.0 Å². The van der Waals surface area contributed by atoms with Crippen LogP contribution in [0.5, 0.6) is 0 Å². The monoisotopic (exact) mass is 421 g/mol. The number of halogens is 1. The van der Waals surface area contributed by atoms with Crippen molar-refractivity contribution < 1.29 is 8.95 Å². The van der Waals surface area contributed by atoms with Crippen molar-refractivity contribution in [3.8, 4) is 16.5 Å². The Morgan fingerprint density at radius 3 is 3.11 bits per heavy atom. The van der Waals surface area contributed by atoms with Crippen molar-refractivity contribution in [2.24, 2.45) is 10.7 Å². The summed E-state index contributed by atoms with van der Waals surface area (Å²) in [6.45, 7) is 0.812. The normalized spacial score (nSPS) is 27.6. The van der Waals surface area contributed by atoms with Crippen molar-refractivity contribution >= 4 is 39.9 Å². The fourth-order valence-electron chi connectivity index (χ4n) is 3.38. The van der Waals surface area contributed by atoms with E-state index in [2.05, 4.69) is 11.1 Å². The number of fused-ring (bicyclic) bond motifs is 1. The minimum Gasteiger partial charge on any atom is -0.380 e. The Kier molecular flexibility index (Phi) is 4.68. The van der Waals surface area contributed by atoms with E-state index in [0.29, 0.717) is 30.2 Å². The Labute approximate surface area is 168 Å². The standard InChI is InChI=1S/C17H16ClN5O2S2/c1-23-16(20)22-17(2-3-25-9-14(17)27(23)24)15-12(18)5-13(26-15)11-4-10(6-19)7-21-8-11/h4-5,7-8,14H,2-3,9H2,1H3,(H2,20,22). The van der Waals surface area contributed by atoms with Gasteiger partial charge in [-0.2, -0.15) is 5.26 Å². The number of aliphatic imine (C=N–C) groups is 1. The Morgan fingerprint density at radius 1 is 1.52 bits per heavy atom. The van der Waals surface area contributed by atoms with Crippen LogP contribution in [0.4, 0.5) is 0 Å². The van der Waals surface area contributed by atoms with Crippen molar-refractivity contribution in [1.82, 2.24) is 9.29 Å². The summed E-state index contributed by atoms with van der Waals surface area (Å²) in [5.74, 6) is 0.227. The fourth-order valence-corrected chi connectivity index (χ4v) is 6.60. The van der Waals surface area contributed by atoms with E-state index in [1.165, 1.54) is 21.8 Å². The molecule has 2 aromatic heterocycles. The maximum absolute atomic E-state index is 12.9. The van der Waals surface area contributed by atoms with E-state index in [0.717, 1.165) is 15.3 Å². The molecule has 0 bridgehead atoms. The smallest absolute Gasteiger partial charge is 0.204 e. The number of rotatable bonds is 2. The molecular formula is C17H16ClN5O2S2. The van der Waals surface area contributed by atoms with E-state index in [1.54, 1.807) is 19.3 Å². The highest BCUT2D eigenvalue weighted by Crippen LogP contribution is 2.49. The highest BCUT2D eigenvalue weighted by Gasteiger charge is 2.52. The molecule has 3 atom stereocenters. The Bertz CT molecular complexity index is 1000. The third-order valence-electron chi connectivity index (χ3n) is 4.81. The second-order valence-corrected chi connectivity index (χ2v) is 9.47. The van der Waals surface area contributed by atoms with Gasteiger partial charge in [0.05, 0.1) is 22.1 Å². The van der Waals surface area contributed by atoms with Crippen LogP contribution in [0.3, 0.4) is 0 Å². The van der Waals surface area contributed by atoms with Crippen LogP contribution >= 0.6 is 22.9 Å². The molecule has 2 aliphatic rings. The number of nitriles is 1. The van der Waals surface area contributed by atoms with Crippen LogP contribution in [0, 0.1) is 11.3 Å². The molecule has 4 rings (SSSR count). The van der Waals surface area contributed by atoms with E-state index in [4.69, 9.17) is 32.3 Å². The lowest BCUT2D eigenvalue weighted by Crippen LogP contribution is -2.58. The minimum absolute atomic E-state index is 0.227. The first-order valence-electron chi connectivity index (χ1n) is 8.19. The molecular weight excluding hydrogens is 406 g/mol. The largest absolute Gasteiger partial charge is 0.380 e. The van der Waals surface area contributed by atoms with Gasteiger partial charge in [-0.1, -0.05) is 11.6 Å². The van der Waals surface area contributed by atoms with Gasteiger partial charge in [-0.05, 0) is 12.1 Å². The van der Waals surface area contributed by atoms with Crippen LogP contribution in [0.25, 0.3) is 10.4 Å². The van der Waals surface area contributed by atoms with Crippen LogP contribution in [0.2, 0.25) is 5.02 Å². The van der Waals surface area contributed by atoms with Crippen molar-refractivity contribution in [1.29, 1.82) is 5.26 Å². The molecule has 10 heteroatoms. The van der Waals surface area contributed by atoms with Crippen molar-refractivity contribution in [3.63, 3.8) is 0 Å². The summed E-state index contributed by atoms with van der Waals surface area (Å²) < 4.78 is 20.0. The van der Waals surface area contributed by atoms with Gasteiger partial charge in [0, 0.05) is 42.9 Å². The predicted molar refractivity (Wildman–Crippen MR) is 106 cm³/mol. The molecule has 0 saturated carbocycles. The van der Waals surface area contributed by atoms with E-state index in [9.17, 15) is 4.21 Å². The molecule has 0 aromatic carbocycles. The number of aromatic nitrogens is 1. The van der Waals surface area contributed by atoms with Gasteiger partial charge in [-0.15, -0.1) is 11.3 Å². The van der Waals surface area contributed by atoms with Gasteiger partial charge in [-0.3, -0.25) is 9.29 Å². The molecule has 2 N–H and O–H groups in total. The summed E-state index contributed by atoms with van der Waals surface area (Å²) in [7, 11) is 0.286. The molecule has 27 heavy (non-hydrogen) atoms. The summed E-state index contributed by atoms with van der Waals surface area (Å²) in [6, 6.07) is 5.70. The van der Waals surface area contributed by atoms with Gasteiger partial charge in [0.1, 0.15) is 27.8 Å². The average Bonchev–Trinajstić information content (AvgIpc) is 3.08. The molecule has 0 amide bonds. The zero-order valence-electron chi connectivity index (χ0n) is 14.4. The topological polar surface area (TPSA) is 105 Å². The van der Waals surface area contributed by atoms with Crippen LogP contribution < -0.4 is 5.73 Å². The number of hydrogen-bond donors (Lipinski definition) is 1. The number of nitrogens with zero attached hydrogens (tertiary/aromatic N) is 4. The maximum Gasteiger partial charge on any atom is 0.204 e. The lowest BCUT2D eigenvalue weighted by molar-refractivity contribution is 0.0564. The number of nitrogens with two attached hydrogens (primary N) is 1. The number of guanidine groups is 1. The predicted octanol–water partition coefficient (Wildman–Crippen LogP) is 2.24. The van der Waals surface area contributed by atoms with Crippen molar-refractivity contribution in [2.45, 2.75) is 17.2 Å². The first kappa shape index (κ1) is 18.4. The van der Waals surface area contributed by atoms with Gasteiger partial charge < -0.3 is 10.5 Å². The summed E-state index contributed by atoms with van der Waals surface area (Å²) >= 11 is 8.08. The van der Waals surface area contributed by atoms with E-state index >= 15 is 0 Å². The first-order valence-corrected chi connectivity index (χ1v) is 10.6. The molecule has 1 saturated heterocycles. The number of thiophene rings is 1. The molecule has 2 aromatic rings. The van der Waals surface area contributed by atoms with E-state index in [-0.39, 0.29) is 11.2 Å². The number of hydrogen-bond acceptors (Lipinski definition) is 7. The van der Waals surface area contributed by atoms with E-state index < -0.39 is 16.5 Å². The minimum atomic E-state index is -1.37. The van der Waals surface area contributed by atoms with E-state index in [1.807, 2.05) is 6.07 Å². The highest BCUT2D eigenvalue weighted by atomic mass is 35.5. The summed E-state index contributed by atoms with van der Waals surface area (Å²) in [5, 5.41) is 9.29. The zero-order valence-corrected chi connectivity index (χ0v) is 16.8. The SMILES string of the molecule is CN1C(N)=NC2(c3sc(-c4cncc(C#N)c4)cc3Cl)CCOCC2S1=O. The molecule has 0 aliphatic carbocycles. The Morgan fingerprint density at radius 2 is 2.33 bits per heavy atom. The second kappa shape index (κ2) is 6.87. The molecule has 0 radical (unpaired) electrons. The first-order chi connectivity index (χ1) is 13.0. The second-order valence-electron chi connectivity index (χ2n) is 6.34. The molecule has 0 spiro atoms. The van der Waals surface area contributed by atoms with Gasteiger partial charge in [-0.25, -0.2) is 9.20 Å². The van der Waals surface area contributed by atoms with Gasteiger partial charge in [0.2, 0.25) is 5.96 Å². The average molecular weight is 422 g/mol. The van der Waals surface area contributed by atoms with Gasteiger partial charge in [0.15, 0.2) is 0 Å². The summed E-state index contributed by atoms with van der Waals surface area (Å²) in [4.78, 5) is 10.6. The fraction of sp³-hybridized carbons (Fsp3) is 0.353. The molecule has 140 valence electrons. The van der Waals surface area contributed by atoms with Crippen LogP contribution in [-0.4, -0.2) is 45.0 Å². The lowest BCUT2D eigenvalue weighted by Gasteiger charge is -2.44. The molecule has 7 nitrogen and oxygen atoms in total. The number of pyridine rings is 1. The molecule has 3 unspecified atom stereocenters. The van der Waals surface area contributed by atoms with Gasteiger partial charge >= 0.3 is 0 Å². The highest BCUT2D eigenvalue weighted by molar-refractivity contribution is 7.84. The third kappa shape index (κ3) is 2.93. The quantitative estimate of drug-likeness (QED) is 0.800. The molecule has 4 heterocycles. The Hall–Kier alpha value is -1.99. The summed E-state index contributed by atoms with van der Waals surface area (Å²) in [6.07, 6.45) is 3.75. The summed E-state index contributed by atoms with van der Waals surface area (Å²) in [5.41, 5.74) is 6.56. The van der Waals surface area contributed by atoms with Crippen LogP contribution in [-0.2, 0) is 21.3 Å². The van der Waals surface area contributed by atoms with Crippen molar-refractivity contribution in [2.75, 3.05) is 20.3 Å². The van der Waals surface area contributed by atoms with Crippen LogP contribution in [0.1, 0.15) is 16.9 Å². The zero-order chi connectivity index (χ0) is 19.2. The van der Waals surface area contributed by atoms with Crippen LogP contribution in [0.15, 0.2) is 29.5 Å². The Balaban J connectivity index is 1.86. The molecule has 2 aliphatic heterocycles. The molecule has 1 fully saturated rings. The maximum atomic E-state index is 12.9.